The zero-order valence-corrected chi connectivity index (χ0v) is 12.5. The van der Waals surface area contributed by atoms with E-state index in [4.69, 9.17) is 0 Å². The lowest BCUT2D eigenvalue weighted by Crippen LogP contribution is -2.22. The Morgan fingerprint density at radius 2 is 1.91 bits per heavy atom. The third-order valence-electron chi connectivity index (χ3n) is 4.06. The fraction of sp³-hybridized carbons (Fsp3) is 0.211. The molecule has 0 aliphatic carbocycles. The number of phenols is 1. The number of aromatic hydroxyl groups is 1. The van der Waals surface area contributed by atoms with Gasteiger partial charge in [-0.3, -0.25) is 4.99 Å². The quantitative estimate of drug-likeness (QED) is 0.906. The predicted octanol–water partition coefficient (Wildman–Crippen LogP) is 3.52. The third-order valence-corrected chi connectivity index (χ3v) is 4.06. The van der Waals surface area contributed by atoms with Crippen LogP contribution in [0.25, 0.3) is 0 Å². The largest absolute Gasteiger partial charge is 0.508 e. The number of hydrogen-bond donors (Lipinski definition) is 2. The van der Waals surface area contributed by atoms with Crippen molar-refractivity contribution in [3.05, 3.63) is 77.4 Å². The molecule has 0 amide bonds. The maximum atomic E-state index is 9.91. The highest BCUT2D eigenvalue weighted by Crippen LogP contribution is 2.37. The first-order valence-corrected chi connectivity index (χ1v) is 7.39. The van der Waals surface area contributed by atoms with Gasteiger partial charge in [0.05, 0.1) is 6.10 Å². The van der Waals surface area contributed by atoms with Crippen LogP contribution < -0.4 is 0 Å². The second-order valence-electron chi connectivity index (χ2n) is 5.67. The standard InChI is InChI=1S/C19H19NO2/c1-14(21)17-12-16(8-9-18(17)22)19(10-5-11-20-19)13-15-6-3-2-4-7-15/h2-12,14,21-22H,13H2,1H3. The van der Waals surface area contributed by atoms with Crippen LogP contribution in [-0.4, -0.2) is 16.4 Å². The average Bonchev–Trinajstić information content (AvgIpc) is 2.98. The maximum Gasteiger partial charge on any atom is 0.121 e. The van der Waals surface area contributed by atoms with Gasteiger partial charge < -0.3 is 10.2 Å². The van der Waals surface area contributed by atoms with Crippen molar-refractivity contribution in [1.82, 2.24) is 0 Å². The van der Waals surface area contributed by atoms with Gasteiger partial charge in [0.25, 0.3) is 0 Å². The van der Waals surface area contributed by atoms with Crippen LogP contribution >= 0.6 is 0 Å². The molecule has 2 unspecified atom stereocenters. The molecule has 1 heterocycles. The van der Waals surface area contributed by atoms with E-state index < -0.39 is 11.6 Å². The number of aliphatic hydroxyl groups is 1. The smallest absolute Gasteiger partial charge is 0.121 e. The molecule has 22 heavy (non-hydrogen) atoms. The van der Waals surface area contributed by atoms with Crippen LogP contribution in [0.1, 0.15) is 29.7 Å². The first kappa shape index (κ1) is 14.5. The first-order chi connectivity index (χ1) is 10.6. The fourth-order valence-electron chi connectivity index (χ4n) is 2.86. The predicted molar refractivity (Wildman–Crippen MR) is 88.2 cm³/mol. The van der Waals surface area contributed by atoms with Gasteiger partial charge in [0, 0.05) is 18.2 Å². The molecule has 0 spiro atoms. The lowest BCUT2D eigenvalue weighted by Gasteiger charge is -2.26. The Balaban J connectivity index is 2.04. The van der Waals surface area contributed by atoms with Gasteiger partial charge in [0.1, 0.15) is 11.3 Å². The molecular formula is C19H19NO2. The van der Waals surface area contributed by atoms with Crippen molar-refractivity contribution in [3.63, 3.8) is 0 Å². The molecule has 2 aromatic rings. The Morgan fingerprint density at radius 3 is 2.55 bits per heavy atom. The summed E-state index contributed by atoms with van der Waals surface area (Å²) >= 11 is 0. The molecule has 0 aromatic heterocycles. The number of rotatable bonds is 4. The summed E-state index contributed by atoms with van der Waals surface area (Å²) in [6.07, 6.45) is 5.83. The number of hydrogen-bond acceptors (Lipinski definition) is 3. The zero-order chi connectivity index (χ0) is 15.6. The number of allylic oxidation sites excluding steroid dienone is 1. The van der Waals surface area contributed by atoms with E-state index in [0.717, 1.165) is 12.0 Å². The summed E-state index contributed by atoms with van der Waals surface area (Å²) in [6, 6.07) is 15.5. The summed E-state index contributed by atoms with van der Waals surface area (Å²) in [5, 5.41) is 19.7. The molecule has 0 radical (unpaired) electrons. The second-order valence-corrected chi connectivity index (χ2v) is 5.67. The normalized spacial score (nSPS) is 21.2. The lowest BCUT2D eigenvalue weighted by molar-refractivity contribution is 0.194. The Kier molecular flexibility index (Phi) is 3.82. The maximum absolute atomic E-state index is 9.91. The van der Waals surface area contributed by atoms with E-state index in [9.17, 15) is 10.2 Å². The molecule has 2 N–H and O–H groups in total. The van der Waals surface area contributed by atoms with Gasteiger partial charge in [-0.25, -0.2) is 0 Å². The van der Waals surface area contributed by atoms with Crippen molar-refractivity contribution in [1.29, 1.82) is 0 Å². The topological polar surface area (TPSA) is 52.8 Å². The van der Waals surface area contributed by atoms with Gasteiger partial charge in [-0.2, -0.15) is 0 Å². The molecule has 1 aliphatic heterocycles. The van der Waals surface area contributed by atoms with Crippen LogP contribution in [0.15, 0.2) is 65.7 Å². The van der Waals surface area contributed by atoms with Crippen LogP contribution in [0.5, 0.6) is 5.75 Å². The average molecular weight is 293 g/mol. The van der Waals surface area contributed by atoms with Crippen molar-refractivity contribution in [2.24, 2.45) is 4.99 Å². The molecule has 2 aromatic carbocycles. The highest BCUT2D eigenvalue weighted by molar-refractivity contribution is 5.76. The summed E-state index contributed by atoms with van der Waals surface area (Å²) < 4.78 is 0. The van der Waals surface area contributed by atoms with Gasteiger partial charge in [-0.05, 0) is 36.3 Å². The van der Waals surface area contributed by atoms with Crippen molar-refractivity contribution in [3.8, 4) is 5.75 Å². The number of phenolic OH excluding ortho intramolecular Hbond substituents is 1. The third kappa shape index (κ3) is 2.68. The van der Waals surface area contributed by atoms with Crippen molar-refractivity contribution < 1.29 is 10.2 Å². The zero-order valence-electron chi connectivity index (χ0n) is 12.5. The molecule has 3 heteroatoms. The van der Waals surface area contributed by atoms with Crippen LogP contribution in [0.3, 0.4) is 0 Å². The van der Waals surface area contributed by atoms with E-state index in [-0.39, 0.29) is 5.75 Å². The van der Waals surface area contributed by atoms with E-state index in [2.05, 4.69) is 23.2 Å². The van der Waals surface area contributed by atoms with Crippen LogP contribution in [0, 0.1) is 0 Å². The van der Waals surface area contributed by atoms with Gasteiger partial charge >= 0.3 is 0 Å². The summed E-state index contributed by atoms with van der Waals surface area (Å²) in [4.78, 5) is 4.66. The minimum atomic E-state index is -0.719. The first-order valence-electron chi connectivity index (χ1n) is 7.39. The molecular weight excluding hydrogens is 274 g/mol. The molecule has 3 rings (SSSR count). The highest BCUT2D eigenvalue weighted by Gasteiger charge is 2.31. The Hall–Kier alpha value is -2.39. The molecule has 0 fully saturated rings. The molecule has 0 saturated carbocycles. The second kappa shape index (κ2) is 5.78. The van der Waals surface area contributed by atoms with Gasteiger partial charge in [-0.1, -0.05) is 42.5 Å². The van der Waals surface area contributed by atoms with E-state index >= 15 is 0 Å². The lowest BCUT2D eigenvalue weighted by atomic mass is 9.83. The van der Waals surface area contributed by atoms with Gasteiger partial charge in [0.15, 0.2) is 0 Å². The molecule has 0 saturated heterocycles. The minimum Gasteiger partial charge on any atom is -0.508 e. The molecule has 1 aliphatic rings. The Labute approximate surface area is 130 Å². The number of nitrogens with zero attached hydrogens (tertiary/aromatic N) is 1. The van der Waals surface area contributed by atoms with Gasteiger partial charge in [0.2, 0.25) is 0 Å². The SMILES string of the molecule is CC(O)c1cc(C2(Cc3ccccc3)C=CC=N2)ccc1O. The molecule has 2 atom stereocenters. The Morgan fingerprint density at radius 1 is 1.14 bits per heavy atom. The van der Waals surface area contributed by atoms with Crippen LogP contribution in [0.2, 0.25) is 0 Å². The van der Waals surface area contributed by atoms with Crippen molar-refractivity contribution in [2.45, 2.75) is 25.0 Å². The number of aliphatic hydroxyl groups excluding tert-OH is 1. The van der Waals surface area contributed by atoms with Crippen molar-refractivity contribution in [2.75, 3.05) is 0 Å². The Bertz CT molecular complexity index is 705. The summed E-state index contributed by atoms with van der Waals surface area (Å²) in [5.41, 5.74) is 2.21. The van der Waals surface area contributed by atoms with Gasteiger partial charge in [-0.15, -0.1) is 0 Å². The molecule has 3 nitrogen and oxygen atoms in total. The molecule has 112 valence electrons. The van der Waals surface area contributed by atoms with Crippen LogP contribution in [0.4, 0.5) is 0 Å². The van der Waals surface area contributed by atoms with Crippen LogP contribution in [-0.2, 0) is 12.0 Å². The van der Waals surface area contributed by atoms with Crippen molar-refractivity contribution >= 4 is 6.21 Å². The summed E-state index contributed by atoms with van der Waals surface area (Å²) in [5.74, 6) is 0.111. The monoisotopic (exact) mass is 293 g/mol. The van der Waals surface area contributed by atoms with E-state index in [1.54, 1.807) is 19.2 Å². The highest BCUT2D eigenvalue weighted by atomic mass is 16.3. The fourth-order valence-corrected chi connectivity index (χ4v) is 2.86. The number of aliphatic imine (C=N–C) groups is 1. The van der Waals surface area contributed by atoms with E-state index in [0.29, 0.717) is 5.56 Å². The summed E-state index contributed by atoms with van der Waals surface area (Å²) in [7, 11) is 0. The minimum absolute atomic E-state index is 0.111. The summed E-state index contributed by atoms with van der Waals surface area (Å²) in [6.45, 7) is 1.65. The van der Waals surface area contributed by atoms with E-state index in [1.165, 1.54) is 5.56 Å². The number of benzene rings is 2. The molecule has 0 bridgehead atoms. The van der Waals surface area contributed by atoms with E-state index in [1.807, 2.05) is 36.4 Å².